The van der Waals surface area contributed by atoms with Crippen molar-refractivity contribution in [2.75, 3.05) is 10.6 Å². The number of nitriles is 1. The topological polar surface area (TPSA) is 90.7 Å². The Labute approximate surface area is 153 Å². The van der Waals surface area contributed by atoms with Crippen LogP contribution in [0.3, 0.4) is 0 Å². The third kappa shape index (κ3) is 4.41. The number of halogens is 2. The van der Waals surface area contributed by atoms with Gasteiger partial charge in [-0.1, -0.05) is 0 Å². The van der Waals surface area contributed by atoms with E-state index in [2.05, 4.69) is 20.6 Å². The Hall–Kier alpha value is -3.86. The maximum atomic E-state index is 13.8. The van der Waals surface area contributed by atoms with Crippen LogP contribution in [-0.4, -0.2) is 15.9 Å². The molecule has 0 saturated carbocycles. The number of carbonyl (C=O) groups excluding carboxylic acids is 1. The molecular weight excluding hydrogens is 352 g/mol. The van der Waals surface area contributed by atoms with E-state index in [0.29, 0.717) is 17.1 Å². The molecule has 0 fully saturated rings. The summed E-state index contributed by atoms with van der Waals surface area (Å²) in [6.07, 6.45) is 0. The van der Waals surface area contributed by atoms with E-state index >= 15 is 0 Å². The van der Waals surface area contributed by atoms with Crippen LogP contribution >= 0.6 is 0 Å². The fourth-order valence-electron chi connectivity index (χ4n) is 2.30. The number of aryl methyl sites for hydroxylation is 1. The minimum Gasteiger partial charge on any atom is -0.338 e. The van der Waals surface area contributed by atoms with Crippen LogP contribution in [-0.2, 0) is 0 Å². The highest BCUT2D eigenvalue weighted by atomic mass is 19.1. The van der Waals surface area contributed by atoms with Crippen molar-refractivity contribution in [1.29, 1.82) is 5.26 Å². The lowest BCUT2D eigenvalue weighted by Crippen LogP contribution is -2.15. The molecule has 0 aliphatic heterocycles. The standard InChI is InChI=1S/C19H13F2N5O/c1-11-23-17(19(27)25-14-5-2-12(10-22)3-6-14)9-18(24-11)26-16-7-4-13(20)8-15(16)21/h2-9H,1H3,(H,25,27)(H,23,24,26). The van der Waals surface area contributed by atoms with Gasteiger partial charge in [0.15, 0.2) is 0 Å². The van der Waals surface area contributed by atoms with Crippen molar-refractivity contribution >= 4 is 23.1 Å². The summed E-state index contributed by atoms with van der Waals surface area (Å²) in [4.78, 5) is 20.6. The first-order valence-electron chi connectivity index (χ1n) is 7.84. The summed E-state index contributed by atoms with van der Waals surface area (Å²) in [7, 11) is 0. The smallest absolute Gasteiger partial charge is 0.274 e. The lowest BCUT2D eigenvalue weighted by Gasteiger charge is -2.10. The first kappa shape index (κ1) is 17.9. The lowest BCUT2D eigenvalue weighted by molar-refractivity contribution is 0.102. The Balaban J connectivity index is 1.81. The number of benzene rings is 2. The van der Waals surface area contributed by atoms with E-state index in [1.165, 1.54) is 12.1 Å². The molecule has 27 heavy (non-hydrogen) atoms. The van der Waals surface area contributed by atoms with Crippen molar-refractivity contribution < 1.29 is 13.6 Å². The maximum Gasteiger partial charge on any atom is 0.274 e. The Morgan fingerprint density at radius 1 is 1.07 bits per heavy atom. The van der Waals surface area contributed by atoms with Gasteiger partial charge in [-0.05, 0) is 43.3 Å². The zero-order chi connectivity index (χ0) is 19.4. The Morgan fingerprint density at radius 2 is 1.81 bits per heavy atom. The maximum absolute atomic E-state index is 13.8. The van der Waals surface area contributed by atoms with Crippen LogP contribution in [0.25, 0.3) is 0 Å². The fourth-order valence-corrected chi connectivity index (χ4v) is 2.30. The van der Waals surface area contributed by atoms with Crippen molar-refractivity contribution in [3.8, 4) is 6.07 Å². The van der Waals surface area contributed by atoms with Crippen LogP contribution in [0.1, 0.15) is 21.9 Å². The van der Waals surface area contributed by atoms with Gasteiger partial charge in [0.1, 0.15) is 29.0 Å². The van der Waals surface area contributed by atoms with E-state index in [1.54, 1.807) is 31.2 Å². The van der Waals surface area contributed by atoms with E-state index in [9.17, 15) is 13.6 Å². The summed E-state index contributed by atoms with van der Waals surface area (Å²) in [5.74, 6) is -1.48. The first-order valence-corrected chi connectivity index (χ1v) is 7.84. The Kier molecular flexibility index (Phi) is 5.04. The summed E-state index contributed by atoms with van der Waals surface area (Å²) in [5.41, 5.74) is 1.05. The third-order valence-corrected chi connectivity index (χ3v) is 3.54. The molecule has 0 unspecified atom stereocenters. The number of rotatable bonds is 4. The molecule has 1 aromatic heterocycles. The molecule has 2 N–H and O–H groups in total. The molecule has 0 atom stereocenters. The van der Waals surface area contributed by atoms with Crippen molar-refractivity contribution in [1.82, 2.24) is 9.97 Å². The van der Waals surface area contributed by atoms with Gasteiger partial charge in [-0.2, -0.15) is 5.26 Å². The monoisotopic (exact) mass is 365 g/mol. The second kappa shape index (κ2) is 7.58. The lowest BCUT2D eigenvalue weighted by atomic mass is 10.2. The molecule has 8 heteroatoms. The molecule has 134 valence electrons. The summed E-state index contributed by atoms with van der Waals surface area (Å²) in [6, 6.07) is 12.8. The van der Waals surface area contributed by atoms with Crippen LogP contribution < -0.4 is 10.6 Å². The summed E-state index contributed by atoms with van der Waals surface area (Å²) in [5, 5.41) is 14.2. The second-order valence-electron chi connectivity index (χ2n) is 5.58. The highest BCUT2D eigenvalue weighted by Gasteiger charge is 2.12. The molecule has 0 aliphatic carbocycles. The number of amides is 1. The molecular formula is C19H13F2N5O. The van der Waals surface area contributed by atoms with Crippen molar-refractivity contribution in [2.45, 2.75) is 6.92 Å². The molecule has 0 saturated heterocycles. The van der Waals surface area contributed by atoms with Gasteiger partial charge in [0.25, 0.3) is 5.91 Å². The minimum atomic E-state index is -0.783. The van der Waals surface area contributed by atoms with Crippen molar-refractivity contribution in [2.24, 2.45) is 0 Å². The summed E-state index contributed by atoms with van der Waals surface area (Å²) in [6.45, 7) is 1.59. The molecule has 1 heterocycles. The van der Waals surface area contributed by atoms with Gasteiger partial charge in [-0.15, -0.1) is 0 Å². The molecule has 0 aliphatic rings. The van der Waals surface area contributed by atoms with Crippen LogP contribution in [0, 0.1) is 29.9 Å². The number of hydrogen-bond donors (Lipinski definition) is 2. The van der Waals surface area contributed by atoms with E-state index in [1.807, 2.05) is 6.07 Å². The number of nitrogens with zero attached hydrogens (tertiary/aromatic N) is 3. The van der Waals surface area contributed by atoms with Crippen molar-refractivity contribution in [3.63, 3.8) is 0 Å². The predicted molar refractivity (Wildman–Crippen MR) is 95.5 cm³/mol. The minimum absolute atomic E-state index is 0.0213. The Bertz CT molecular complexity index is 1040. The van der Waals surface area contributed by atoms with Gasteiger partial charge in [0, 0.05) is 17.8 Å². The average molecular weight is 365 g/mol. The fraction of sp³-hybridized carbons (Fsp3) is 0.0526. The number of hydrogen-bond acceptors (Lipinski definition) is 5. The molecule has 1 amide bonds. The van der Waals surface area contributed by atoms with E-state index in [0.717, 1.165) is 12.1 Å². The molecule has 0 bridgehead atoms. The highest BCUT2D eigenvalue weighted by Crippen LogP contribution is 2.20. The second-order valence-corrected chi connectivity index (χ2v) is 5.58. The van der Waals surface area contributed by atoms with Gasteiger partial charge >= 0.3 is 0 Å². The number of aromatic nitrogens is 2. The average Bonchev–Trinajstić information content (AvgIpc) is 2.64. The number of carbonyl (C=O) groups is 1. The van der Waals surface area contributed by atoms with Gasteiger partial charge < -0.3 is 10.6 Å². The van der Waals surface area contributed by atoms with E-state index in [4.69, 9.17) is 5.26 Å². The largest absolute Gasteiger partial charge is 0.338 e. The zero-order valence-corrected chi connectivity index (χ0v) is 14.1. The SMILES string of the molecule is Cc1nc(Nc2ccc(F)cc2F)cc(C(=O)Nc2ccc(C#N)cc2)n1. The summed E-state index contributed by atoms with van der Waals surface area (Å²) >= 11 is 0. The molecule has 6 nitrogen and oxygen atoms in total. The summed E-state index contributed by atoms with van der Waals surface area (Å²) < 4.78 is 26.8. The highest BCUT2D eigenvalue weighted by molar-refractivity contribution is 6.03. The first-order chi connectivity index (χ1) is 12.9. The molecule has 3 aromatic rings. The van der Waals surface area contributed by atoms with Gasteiger partial charge in [0.05, 0.1) is 17.3 Å². The third-order valence-electron chi connectivity index (χ3n) is 3.54. The zero-order valence-electron chi connectivity index (χ0n) is 14.1. The van der Waals surface area contributed by atoms with Gasteiger partial charge in [-0.3, -0.25) is 4.79 Å². The molecule has 2 aromatic carbocycles. The van der Waals surface area contributed by atoms with Crippen LogP contribution in [0.15, 0.2) is 48.5 Å². The van der Waals surface area contributed by atoms with E-state index in [-0.39, 0.29) is 17.2 Å². The quantitative estimate of drug-likeness (QED) is 0.731. The van der Waals surface area contributed by atoms with E-state index < -0.39 is 17.5 Å². The normalized spacial score (nSPS) is 10.1. The van der Waals surface area contributed by atoms with Crippen molar-refractivity contribution in [3.05, 3.63) is 77.2 Å². The number of anilines is 3. The molecule has 3 rings (SSSR count). The van der Waals surface area contributed by atoms with Gasteiger partial charge in [0.2, 0.25) is 0 Å². The van der Waals surface area contributed by atoms with Crippen LogP contribution in [0.2, 0.25) is 0 Å². The number of nitrogens with one attached hydrogen (secondary N) is 2. The van der Waals surface area contributed by atoms with Crippen LogP contribution in [0.4, 0.5) is 26.0 Å². The Morgan fingerprint density at radius 3 is 2.48 bits per heavy atom. The molecule has 0 radical (unpaired) electrons. The van der Waals surface area contributed by atoms with Gasteiger partial charge in [-0.25, -0.2) is 18.7 Å². The predicted octanol–water partition coefficient (Wildman–Crippen LogP) is 3.93. The molecule has 0 spiro atoms. The van der Waals surface area contributed by atoms with Crippen LogP contribution in [0.5, 0.6) is 0 Å².